The Morgan fingerprint density at radius 3 is 2.43 bits per heavy atom. The number of hydrogen-bond donors (Lipinski definition) is 0. The van der Waals surface area contributed by atoms with Crippen molar-refractivity contribution >= 4 is 11.9 Å². The van der Waals surface area contributed by atoms with Crippen LogP contribution in [-0.2, 0) is 19.1 Å². The topological polar surface area (TPSA) is 55.8 Å². The first-order valence-electron chi connectivity index (χ1n) is 8.69. The van der Waals surface area contributed by atoms with Gasteiger partial charge in [-0.1, -0.05) is 20.8 Å². The molecule has 2 heterocycles. The Labute approximate surface area is 138 Å². The predicted octanol–water partition coefficient (Wildman–Crippen LogP) is 2.53. The summed E-state index contributed by atoms with van der Waals surface area (Å²) in [6.07, 6.45) is 4.02. The third-order valence-electron chi connectivity index (χ3n) is 7.20. The summed E-state index contributed by atoms with van der Waals surface area (Å²) in [6, 6.07) is 0. The van der Waals surface area contributed by atoms with Crippen LogP contribution in [0.5, 0.6) is 0 Å². The third-order valence-corrected chi connectivity index (χ3v) is 7.20. The number of esters is 1. The Bertz CT molecular complexity index is 545. The van der Waals surface area contributed by atoms with E-state index < -0.39 is 16.6 Å². The summed E-state index contributed by atoms with van der Waals surface area (Å²) < 4.78 is 11.4. The molecule has 23 heavy (non-hydrogen) atoms. The van der Waals surface area contributed by atoms with Gasteiger partial charge < -0.3 is 14.4 Å². The molecule has 1 amide bonds. The highest BCUT2D eigenvalue weighted by atomic mass is 16.6. The summed E-state index contributed by atoms with van der Waals surface area (Å²) in [7, 11) is 1.68. The van der Waals surface area contributed by atoms with Crippen LogP contribution in [0.25, 0.3) is 0 Å². The molecular weight excluding hydrogens is 294 g/mol. The number of morpholine rings is 1. The molecule has 0 N–H and O–H groups in total. The van der Waals surface area contributed by atoms with Gasteiger partial charge in [0.25, 0.3) is 5.91 Å². The molecule has 1 spiro atoms. The van der Waals surface area contributed by atoms with Crippen molar-refractivity contribution in [3.05, 3.63) is 0 Å². The lowest BCUT2D eigenvalue weighted by Crippen LogP contribution is -2.73. The van der Waals surface area contributed by atoms with Gasteiger partial charge in [-0.3, -0.25) is 4.79 Å². The number of carbonyl (C=O) groups excluding carboxylic acids is 2. The molecule has 3 atom stereocenters. The fourth-order valence-corrected chi connectivity index (χ4v) is 4.88. The van der Waals surface area contributed by atoms with Crippen LogP contribution in [0.4, 0.5) is 0 Å². The summed E-state index contributed by atoms with van der Waals surface area (Å²) in [6.45, 7) is 9.31. The van der Waals surface area contributed by atoms with Crippen molar-refractivity contribution in [3.8, 4) is 0 Å². The predicted molar refractivity (Wildman–Crippen MR) is 85.8 cm³/mol. The molecule has 0 unspecified atom stereocenters. The zero-order valence-corrected chi connectivity index (χ0v) is 15.0. The SMILES string of the molecule is COC[C@]1(C)CC[C@]2(OC(=O)[C@]3(C)CCCCN3C2=O)C1(C)C. The lowest BCUT2D eigenvalue weighted by atomic mass is 9.62. The van der Waals surface area contributed by atoms with E-state index in [0.717, 1.165) is 19.3 Å². The number of nitrogens with zero attached hydrogens (tertiary/aromatic N) is 1. The Balaban J connectivity index is 2.04. The number of hydrogen-bond acceptors (Lipinski definition) is 4. The molecule has 0 radical (unpaired) electrons. The van der Waals surface area contributed by atoms with Gasteiger partial charge in [-0.25, -0.2) is 4.79 Å². The summed E-state index contributed by atoms with van der Waals surface area (Å²) in [5.41, 5.74) is -2.49. The molecule has 0 aromatic carbocycles. The van der Waals surface area contributed by atoms with E-state index in [0.29, 0.717) is 26.0 Å². The number of ether oxygens (including phenoxy) is 2. The number of methoxy groups -OCH3 is 1. The second-order valence-corrected chi connectivity index (χ2v) is 8.52. The van der Waals surface area contributed by atoms with Gasteiger partial charge in [0, 0.05) is 24.5 Å². The van der Waals surface area contributed by atoms with Gasteiger partial charge in [-0.05, 0) is 39.0 Å². The number of amides is 1. The van der Waals surface area contributed by atoms with Gasteiger partial charge in [0.2, 0.25) is 0 Å². The molecule has 1 aliphatic carbocycles. The smallest absolute Gasteiger partial charge is 0.332 e. The highest BCUT2D eigenvalue weighted by Crippen LogP contribution is 2.62. The molecule has 2 saturated heterocycles. The fourth-order valence-electron chi connectivity index (χ4n) is 4.88. The largest absolute Gasteiger partial charge is 0.447 e. The van der Waals surface area contributed by atoms with E-state index >= 15 is 0 Å². The molecule has 0 aromatic rings. The first kappa shape index (κ1) is 16.7. The summed E-state index contributed by atoms with van der Waals surface area (Å²) in [5, 5.41) is 0. The first-order valence-corrected chi connectivity index (χ1v) is 8.69. The van der Waals surface area contributed by atoms with E-state index in [4.69, 9.17) is 9.47 Å². The molecule has 1 saturated carbocycles. The van der Waals surface area contributed by atoms with E-state index in [-0.39, 0.29) is 17.3 Å². The van der Waals surface area contributed by atoms with Crippen molar-refractivity contribution in [1.29, 1.82) is 0 Å². The fraction of sp³-hybridized carbons (Fsp3) is 0.889. The maximum absolute atomic E-state index is 13.5. The van der Waals surface area contributed by atoms with Gasteiger partial charge in [-0.2, -0.15) is 0 Å². The Morgan fingerprint density at radius 1 is 1.09 bits per heavy atom. The van der Waals surface area contributed by atoms with Gasteiger partial charge in [0.15, 0.2) is 5.60 Å². The molecule has 5 heteroatoms. The average Bonchev–Trinajstić information content (AvgIpc) is 2.68. The van der Waals surface area contributed by atoms with Crippen molar-refractivity contribution in [2.75, 3.05) is 20.3 Å². The summed E-state index contributed by atoms with van der Waals surface area (Å²) in [4.78, 5) is 28.1. The monoisotopic (exact) mass is 323 g/mol. The van der Waals surface area contributed by atoms with Gasteiger partial charge >= 0.3 is 5.97 Å². The minimum atomic E-state index is -1.05. The van der Waals surface area contributed by atoms with E-state index in [1.54, 1.807) is 7.11 Å². The molecule has 5 nitrogen and oxygen atoms in total. The molecule has 3 fully saturated rings. The van der Waals surface area contributed by atoms with E-state index in [9.17, 15) is 9.59 Å². The summed E-state index contributed by atoms with van der Waals surface area (Å²) in [5.74, 6) is -0.226. The second-order valence-electron chi connectivity index (χ2n) is 8.52. The maximum Gasteiger partial charge on any atom is 0.332 e. The van der Waals surface area contributed by atoms with E-state index in [1.165, 1.54) is 0 Å². The normalized spacial score (nSPS) is 42.7. The second kappa shape index (κ2) is 4.95. The van der Waals surface area contributed by atoms with Crippen LogP contribution >= 0.6 is 0 Å². The number of piperidine rings is 1. The Morgan fingerprint density at radius 2 is 1.78 bits per heavy atom. The number of rotatable bonds is 2. The zero-order valence-electron chi connectivity index (χ0n) is 15.0. The Hall–Kier alpha value is -1.10. The van der Waals surface area contributed by atoms with Crippen LogP contribution < -0.4 is 0 Å². The molecule has 2 aliphatic heterocycles. The molecule has 0 bridgehead atoms. The van der Waals surface area contributed by atoms with Gasteiger partial charge in [0.1, 0.15) is 5.54 Å². The highest BCUT2D eigenvalue weighted by molar-refractivity contribution is 5.99. The van der Waals surface area contributed by atoms with E-state index in [2.05, 4.69) is 20.8 Å². The third kappa shape index (κ3) is 1.89. The highest BCUT2D eigenvalue weighted by Gasteiger charge is 2.71. The minimum absolute atomic E-state index is 0.00382. The van der Waals surface area contributed by atoms with Gasteiger partial charge in [-0.15, -0.1) is 0 Å². The van der Waals surface area contributed by atoms with E-state index in [1.807, 2.05) is 11.8 Å². The number of carbonyl (C=O) groups is 2. The molecule has 3 rings (SSSR count). The van der Waals surface area contributed by atoms with Crippen molar-refractivity contribution in [3.63, 3.8) is 0 Å². The first-order chi connectivity index (χ1) is 10.6. The molecule has 0 aromatic heterocycles. The molecular formula is C18H29NO4. The lowest BCUT2D eigenvalue weighted by Gasteiger charge is -2.56. The minimum Gasteiger partial charge on any atom is -0.447 e. The average molecular weight is 323 g/mol. The van der Waals surface area contributed by atoms with Crippen molar-refractivity contribution in [2.24, 2.45) is 10.8 Å². The lowest BCUT2D eigenvalue weighted by molar-refractivity contribution is -0.222. The molecule has 130 valence electrons. The summed E-state index contributed by atoms with van der Waals surface area (Å²) >= 11 is 0. The van der Waals surface area contributed by atoms with Crippen LogP contribution in [0.15, 0.2) is 0 Å². The van der Waals surface area contributed by atoms with Crippen molar-refractivity contribution < 1.29 is 19.1 Å². The van der Waals surface area contributed by atoms with Crippen molar-refractivity contribution in [2.45, 2.75) is 70.9 Å². The zero-order chi connectivity index (χ0) is 17.1. The van der Waals surface area contributed by atoms with Crippen LogP contribution in [-0.4, -0.2) is 48.2 Å². The maximum atomic E-state index is 13.5. The molecule has 3 aliphatic rings. The van der Waals surface area contributed by atoms with Crippen molar-refractivity contribution in [1.82, 2.24) is 4.90 Å². The van der Waals surface area contributed by atoms with Crippen LogP contribution in [0.3, 0.4) is 0 Å². The Kier molecular flexibility index (Phi) is 3.60. The van der Waals surface area contributed by atoms with Crippen LogP contribution in [0.2, 0.25) is 0 Å². The van der Waals surface area contributed by atoms with Crippen LogP contribution in [0.1, 0.15) is 59.8 Å². The number of fused-ring (bicyclic) bond motifs is 1. The quantitative estimate of drug-likeness (QED) is 0.733. The van der Waals surface area contributed by atoms with Gasteiger partial charge in [0.05, 0.1) is 6.61 Å². The standard InChI is InChI=1S/C18H29NO4/c1-15(2)16(3,12-22-5)9-10-18(15)13(20)19-11-7-6-8-17(19,4)14(21)23-18/h6-12H2,1-5H3/t16-,17-,18+/m0/s1. The van der Waals surface area contributed by atoms with Crippen LogP contribution in [0, 0.1) is 10.8 Å².